The van der Waals surface area contributed by atoms with Gasteiger partial charge in [-0.1, -0.05) is 0 Å². The van der Waals surface area contributed by atoms with Crippen LogP contribution in [0.5, 0.6) is 0 Å². The third-order valence-electron chi connectivity index (χ3n) is 1.20. The summed E-state index contributed by atoms with van der Waals surface area (Å²) in [5.74, 6) is 0.388. The van der Waals surface area contributed by atoms with Gasteiger partial charge in [0.05, 0.1) is 5.92 Å². The summed E-state index contributed by atoms with van der Waals surface area (Å²) in [7, 11) is 0. The number of aromatic nitrogens is 2. The highest BCUT2D eigenvalue weighted by atomic mass is 16.1. The van der Waals surface area contributed by atoms with E-state index in [-0.39, 0.29) is 5.92 Å². The van der Waals surface area contributed by atoms with E-state index in [4.69, 9.17) is 0 Å². The Balaban J connectivity index is 2.84. The zero-order valence-electron chi connectivity index (χ0n) is 5.69. The van der Waals surface area contributed by atoms with Crippen LogP contribution < -0.4 is 0 Å². The maximum atomic E-state index is 10.2. The average Bonchev–Trinajstić information content (AvgIpc) is 2.05. The summed E-state index contributed by atoms with van der Waals surface area (Å²) in [5, 5.41) is 0. The number of carbonyl (C=O) groups excluding carboxylic acids is 1. The van der Waals surface area contributed by atoms with Crippen LogP contribution in [0.4, 0.5) is 0 Å². The molecule has 1 aromatic rings. The molecule has 0 spiro atoms. The molecule has 1 rings (SSSR count). The standard InChI is InChI=1S/C7H8N2O/c1-6(5-10)7-8-3-2-4-9-7/h2-6H,1H3. The summed E-state index contributed by atoms with van der Waals surface area (Å²) in [5.41, 5.74) is 0. The molecule has 0 aliphatic carbocycles. The SMILES string of the molecule is CC(C=O)c1ncccn1. The van der Waals surface area contributed by atoms with E-state index in [1.165, 1.54) is 0 Å². The molecule has 0 aromatic carbocycles. The van der Waals surface area contributed by atoms with E-state index in [1.54, 1.807) is 25.4 Å². The molecule has 10 heavy (non-hydrogen) atoms. The largest absolute Gasteiger partial charge is 0.303 e. The van der Waals surface area contributed by atoms with Gasteiger partial charge in [0.2, 0.25) is 0 Å². The van der Waals surface area contributed by atoms with Gasteiger partial charge >= 0.3 is 0 Å². The molecule has 0 saturated carbocycles. The highest BCUT2D eigenvalue weighted by molar-refractivity contribution is 5.58. The highest BCUT2D eigenvalue weighted by Gasteiger charge is 2.03. The molecule has 1 atom stereocenters. The van der Waals surface area contributed by atoms with Crippen molar-refractivity contribution in [3.05, 3.63) is 24.3 Å². The maximum Gasteiger partial charge on any atom is 0.138 e. The lowest BCUT2D eigenvalue weighted by atomic mass is 10.2. The van der Waals surface area contributed by atoms with Gasteiger partial charge in [-0.3, -0.25) is 0 Å². The molecule has 0 amide bonds. The number of aldehydes is 1. The summed E-state index contributed by atoms with van der Waals surface area (Å²) < 4.78 is 0. The Hall–Kier alpha value is -1.25. The van der Waals surface area contributed by atoms with E-state index >= 15 is 0 Å². The lowest BCUT2D eigenvalue weighted by molar-refractivity contribution is -0.108. The summed E-state index contributed by atoms with van der Waals surface area (Å²) >= 11 is 0. The van der Waals surface area contributed by atoms with Crippen LogP contribution in [-0.2, 0) is 4.79 Å². The fraction of sp³-hybridized carbons (Fsp3) is 0.286. The topological polar surface area (TPSA) is 42.9 Å². The van der Waals surface area contributed by atoms with E-state index < -0.39 is 0 Å². The first kappa shape index (κ1) is 6.86. The van der Waals surface area contributed by atoms with Crippen LogP contribution in [0, 0.1) is 0 Å². The third kappa shape index (κ3) is 1.37. The van der Waals surface area contributed by atoms with Crippen molar-refractivity contribution in [3.8, 4) is 0 Å². The Labute approximate surface area is 59.1 Å². The Morgan fingerprint density at radius 2 is 2.10 bits per heavy atom. The molecule has 1 aromatic heterocycles. The molecule has 3 nitrogen and oxygen atoms in total. The summed E-state index contributed by atoms with van der Waals surface area (Å²) in [6.07, 6.45) is 4.08. The van der Waals surface area contributed by atoms with Crippen LogP contribution in [0.1, 0.15) is 18.7 Å². The van der Waals surface area contributed by atoms with Crippen LogP contribution in [0.2, 0.25) is 0 Å². The zero-order valence-corrected chi connectivity index (χ0v) is 5.69. The van der Waals surface area contributed by atoms with Crippen molar-refractivity contribution in [3.63, 3.8) is 0 Å². The Morgan fingerprint density at radius 3 is 2.60 bits per heavy atom. The lowest BCUT2D eigenvalue weighted by Crippen LogP contribution is -1.99. The van der Waals surface area contributed by atoms with Gasteiger partial charge in [0.1, 0.15) is 12.1 Å². The molecule has 0 N–H and O–H groups in total. The Bertz CT molecular complexity index is 210. The lowest BCUT2D eigenvalue weighted by Gasteiger charge is -1.97. The van der Waals surface area contributed by atoms with Crippen molar-refractivity contribution in [2.75, 3.05) is 0 Å². The Morgan fingerprint density at radius 1 is 1.50 bits per heavy atom. The van der Waals surface area contributed by atoms with Crippen molar-refractivity contribution < 1.29 is 4.79 Å². The van der Waals surface area contributed by atoms with Gasteiger partial charge < -0.3 is 4.79 Å². The van der Waals surface area contributed by atoms with Crippen molar-refractivity contribution in [2.24, 2.45) is 0 Å². The average molecular weight is 136 g/mol. The molecular formula is C7H8N2O. The fourth-order valence-corrected chi connectivity index (χ4v) is 0.607. The van der Waals surface area contributed by atoms with E-state index in [1.807, 2.05) is 0 Å². The molecule has 0 radical (unpaired) electrons. The van der Waals surface area contributed by atoms with Crippen LogP contribution in [0.25, 0.3) is 0 Å². The second-order valence-corrected chi connectivity index (χ2v) is 2.03. The third-order valence-corrected chi connectivity index (χ3v) is 1.20. The van der Waals surface area contributed by atoms with E-state index in [0.717, 1.165) is 6.29 Å². The van der Waals surface area contributed by atoms with Gasteiger partial charge in [0, 0.05) is 12.4 Å². The second kappa shape index (κ2) is 3.06. The van der Waals surface area contributed by atoms with Crippen molar-refractivity contribution in [1.29, 1.82) is 0 Å². The molecule has 52 valence electrons. The molecule has 3 heteroatoms. The number of hydrogen-bond donors (Lipinski definition) is 0. The van der Waals surface area contributed by atoms with Crippen LogP contribution in [0.15, 0.2) is 18.5 Å². The predicted octanol–water partition coefficient (Wildman–Crippen LogP) is 0.779. The molecule has 0 saturated heterocycles. The monoisotopic (exact) mass is 136 g/mol. The number of carbonyl (C=O) groups is 1. The van der Waals surface area contributed by atoms with Crippen LogP contribution >= 0.6 is 0 Å². The van der Waals surface area contributed by atoms with Crippen molar-refractivity contribution in [2.45, 2.75) is 12.8 Å². The smallest absolute Gasteiger partial charge is 0.138 e. The first-order valence-corrected chi connectivity index (χ1v) is 3.07. The van der Waals surface area contributed by atoms with Crippen molar-refractivity contribution in [1.82, 2.24) is 9.97 Å². The molecule has 1 heterocycles. The highest BCUT2D eigenvalue weighted by Crippen LogP contribution is 2.03. The van der Waals surface area contributed by atoms with Gasteiger partial charge in [-0.25, -0.2) is 9.97 Å². The van der Waals surface area contributed by atoms with Crippen molar-refractivity contribution >= 4 is 6.29 Å². The molecule has 0 aliphatic rings. The predicted molar refractivity (Wildman–Crippen MR) is 36.5 cm³/mol. The minimum atomic E-state index is -0.193. The minimum absolute atomic E-state index is 0.193. The molecule has 0 fully saturated rings. The second-order valence-electron chi connectivity index (χ2n) is 2.03. The van der Waals surface area contributed by atoms with E-state index in [0.29, 0.717) is 5.82 Å². The van der Waals surface area contributed by atoms with Gasteiger partial charge in [-0.15, -0.1) is 0 Å². The first-order chi connectivity index (χ1) is 4.84. The molecular weight excluding hydrogens is 128 g/mol. The van der Waals surface area contributed by atoms with Crippen LogP contribution in [0.3, 0.4) is 0 Å². The zero-order chi connectivity index (χ0) is 7.40. The molecule has 1 unspecified atom stereocenters. The van der Waals surface area contributed by atoms with Gasteiger partial charge in [0.15, 0.2) is 0 Å². The quantitative estimate of drug-likeness (QED) is 0.564. The van der Waals surface area contributed by atoms with Crippen LogP contribution in [-0.4, -0.2) is 16.3 Å². The Kier molecular flexibility index (Phi) is 2.10. The molecule has 0 bridgehead atoms. The minimum Gasteiger partial charge on any atom is -0.303 e. The normalized spacial score (nSPS) is 12.5. The summed E-state index contributed by atoms with van der Waals surface area (Å²) in [6.45, 7) is 1.77. The summed E-state index contributed by atoms with van der Waals surface area (Å²) in [6, 6.07) is 1.72. The van der Waals surface area contributed by atoms with Gasteiger partial charge in [-0.05, 0) is 13.0 Å². The van der Waals surface area contributed by atoms with Gasteiger partial charge in [-0.2, -0.15) is 0 Å². The fourth-order valence-electron chi connectivity index (χ4n) is 0.607. The van der Waals surface area contributed by atoms with Gasteiger partial charge in [0.25, 0.3) is 0 Å². The summed E-state index contributed by atoms with van der Waals surface area (Å²) in [4.78, 5) is 18.0. The molecule has 0 aliphatic heterocycles. The number of hydrogen-bond acceptors (Lipinski definition) is 3. The first-order valence-electron chi connectivity index (χ1n) is 3.07. The number of rotatable bonds is 2. The number of nitrogens with zero attached hydrogens (tertiary/aromatic N) is 2. The van der Waals surface area contributed by atoms with E-state index in [2.05, 4.69) is 9.97 Å². The van der Waals surface area contributed by atoms with E-state index in [9.17, 15) is 4.79 Å². The maximum absolute atomic E-state index is 10.2.